The fourth-order valence-electron chi connectivity index (χ4n) is 1.72. The summed E-state index contributed by atoms with van der Waals surface area (Å²) in [6.45, 7) is 0.492. The lowest BCUT2D eigenvalue weighted by molar-refractivity contribution is -0.742. The Bertz CT molecular complexity index is 560. The van der Waals surface area contributed by atoms with Gasteiger partial charge in [-0.3, -0.25) is 4.79 Å². The molecule has 0 unspecified atom stereocenters. The lowest BCUT2D eigenvalue weighted by Gasteiger charge is -2.12. The van der Waals surface area contributed by atoms with Crippen LogP contribution in [0.15, 0.2) is 18.2 Å². The first-order chi connectivity index (χ1) is 11.9. The number of methoxy groups -OCH3 is 3. The lowest BCUT2D eigenvalue weighted by Crippen LogP contribution is -2.22. The highest BCUT2D eigenvalue weighted by Crippen LogP contribution is 2.38. The molecule has 0 saturated heterocycles. The summed E-state index contributed by atoms with van der Waals surface area (Å²) < 4.78 is 15.7. The highest BCUT2D eigenvalue weighted by molar-refractivity contribution is 5.91. The van der Waals surface area contributed by atoms with Crippen LogP contribution in [0.5, 0.6) is 17.2 Å². The Morgan fingerprint density at radius 1 is 1.24 bits per heavy atom. The fraction of sp³-hybridized carbons (Fsp3) is 0.400. The number of amides is 1. The van der Waals surface area contributed by atoms with Crippen molar-refractivity contribution in [2.75, 3.05) is 34.5 Å². The van der Waals surface area contributed by atoms with Crippen LogP contribution in [-0.4, -0.2) is 55.8 Å². The van der Waals surface area contributed by atoms with Crippen LogP contribution in [0.3, 0.4) is 0 Å². The van der Waals surface area contributed by atoms with Crippen LogP contribution >= 0.6 is 0 Å². The van der Waals surface area contributed by atoms with Gasteiger partial charge >= 0.3 is 0 Å². The third-order valence-corrected chi connectivity index (χ3v) is 2.75. The third kappa shape index (κ3) is 9.01. The number of carbonyl (C=O) groups is 1. The molecular weight excluding hydrogens is 336 g/mol. The summed E-state index contributed by atoms with van der Waals surface area (Å²) in [5.41, 5.74) is 0.752. The smallest absolute Gasteiger partial charge is 0.291 e. The van der Waals surface area contributed by atoms with Gasteiger partial charge in [0, 0.05) is 19.2 Å². The zero-order valence-electron chi connectivity index (χ0n) is 14.2. The molecule has 0 saturated carbocycles. The molecule has 0 fully saturated rings. The summed E-state index contributed by atoms with van der Waals surface area (Å²) in [5, 5.41) is 24.9. The van der Waals surface area contributed by atoms with Crippen LogP contribution in [0.25, 0.3) is 6.08 Å². The molecule has 1 aromatic carbocycles. The molecule has 1 amide bonds. The normalized spacial score (nSPS) is 9.76. The van der Waals surface area contributed by atoms with Crippen molar-refractivity contribution in [2.45, 2.75) is 6.42 Å². The zero-order chi connectivity index (χ0) is 19.2. The highest BCUT2D eigenvalue weighted by Gasteiger charge is 2.12. The maximum absolute atomic E-state index is 11.6. The summed E-state index contributed by atoms with van der Waals surface area (Å²) in [5.74, 6) is 1.33. The Balaban J connectivity index is 0.00000129. The van der Waals surface area contributed by atoms with Gasteiger partial charge in [0.15, 0.2) is 11.5 Å². The van der Waals surface area contributed by atoms with Crippen LogP contribution in [0.1, 0.15) is 12.0 Å². The number of ether oxygens (including phenoxy) is 3. The molecule has 0 radical (unpaired) electrons. The minimum absolute atomic E-state index is 0.0525. The van der Waals surface area contributed by atoms with Gasteiger partial charge in [-0.2, -0.15) is 0 Å². The van der Waals surface area contributed by atoms with E-state index >= 15 is 0 Å². The molecule has 10 nitrogen and oxygen atoms in total. The third-order valence-electron chi connectivity index (χ3n) is 2.75. The summed E-state index contributed by atoms with van der Waals surface area (Å²) >= 11 is 0. The van der Waals surface area contributed by atoms with E-state index in [1.54, 1.807) is 18.2 Å². The molecule has 1 rings (SSSR count). The van der Waals surface area contributed by atoms with Gasteiger partial charge in [0.05, 0.1) is 21.3 Å². The monoisotopic (exact) mass is 358 g/mol. The van der Waals surface area contributed by atoms with Gasteiger partial charge in [0.1, 0.15) is 0 Å². The van der Waals surface area contributed by atoms with Gasteiger partial charge in [-0.1, -0.05) is 0 Å². The molecule has 140 valence electrons. The molecular formula is C15H22N2O8. The van der Waals surface area contributed by atoms with Gasteiger partial charge in [-0.05, 0) is 30.2 Å². The van der Waals surface area contributed by atoms with E-state index in [-0.39, 0.29) is 12.5 Å². The van der Waals surface area contributed by atoms with E-state index < -0.39 is 5.09 Å². The molecule has 0 aliphatic rings. The lowest BCUT2D eigenvalue weighted by atomic mass is 10.1. The van der Waals surface area contributed by atoms with Crippen LogP contribution in [-0.2, 0) is 4.79 Å². The molecule has 10 heteroatoms. The molecule has 0 aliphatic heterocycles. The van der Waals surface area contributed by atoms with Gasteiger partial charge in [0.2, 0.25) is 11.7 Å². The number of nitrogens with zero attached hydrogens (tertiary/aromatic N) is 1. The number of rotatable bonds is 8. The average Bonchev–Trinajstić information content (AvgIpc) is 2.58. The van der Waals surface area contributed by atoms with Crippen molar-refractivity contribution in [3.8, 4) is 17.2 Å². The number of aliphatic hydroxyl groups excluding tert-OH is 1. The molecule has 0 aromatic heterocycles. The molecule has 0 spiro atoms. The Hall–Kier alpha value is -3.01. The van der Waals surface area contributed by atoms with E-state index in [0.717, 1.165) is 5.56 Å². The Labute approximate surface area is 144 Å². The zero-order valence-corrected chi connectivity index (χ0v) is 14.2. The van der Waals surface area contributed by atoms with Crippen LogP contribution in [0.2, 0.25) is 0 Å². The predicted octanol–water partition coefficient (Wildman–Crippen LogP) is 0.877. The van der Waals surface area contributed by atoms with Crippen molar-refractivity contribution in [3.63, 3.8) is 0 Å². The van der Waals surface area contributed by atoms with E-state index in [1.165, 1.54) is 27.4 Å². The van der Waals surface area contributed by atoms with Crippen LogP contribution in [0.4, 0.5) is 0 Å². The maximum atomic E-state index is 11.6. The SMILES string of the molecule is COc1cc(/C=C/C(=O)NCCCO)cc(OC)c1OC.O=[N+]([O-])O. The predicted molar refractivity (Wildman–Crippen MR) is 88.6 cm³/mol. The van der Waals surface area contributed by atoms with E-state index in [2.05, 4.69) is 5.32 Å². The van der Waals surface area contributed by atoms with Gasteiger partial charge in [0.25, 0.3) is 5.09 Å². The second kappa shape index (κ2) is 12.4. The van der Waals surface area contributed by atoms with E-state index in [9.17, 15) is 4.79 Å². The van der Waals surface area contributed by atoms with Gasteiger partial charge in [-0.25, -0.2) is 0 Å². The van der Waals surface area contributed by atoms with Gasteiger partial charge in [-0.15, -0.1) is 10.1 Å². The number of nitrogens with one attached hydrogen (secondary N) is 1. The Kier molecular flexibility index (Phi) is 10.9. The van der Waals surface area contributed by atoms with Crippen molar-refractivity contribution >= 4 is 12.0 Å². The highest BCUT2D eigenvalue weighted by atomic mass is 16.9. The van der Waals surface area contributed by atoms with Crippen molar-refractivity contribution < 1.29 is 34.4 Å². The van der Waals surface area contributed by atoms with Crippen LogP contribution < -0.4 is 19.5 Å². The standard InChI is InChI=1S/C15H21NO5.HNO3/c1-19-12-9-11(10-13(20-2)15(12)21-3)5-6-14(18)16-7-4-8-17;2-1(3)4/h5-6,9-10,17H,4,7-8H2,1-3H3,(H,16,18);(H,2,3,4)/b6-5+;. The molecule has 25 heavy (non-hydrogen) atoms. The molecule has 0 bridgehead atoms. The second-order valence-corrected chi connectivity index (χ2v) is 4.40. The molecule has 0 heterocycles. The number of benzene rings is 1. The number of carbonyl (C=O) groups excluding carboxylic acids is 1. The van der Waals surface area contributed by atoms with Gasteiger partial charge < -0.3 is 29.8 Å². The summed E-state index contributed by atoms with van der Waals surface area (Å²) in [4.78, 5) is 19.9. The average molecular weight is 358 g/mol. The molecule has 0 atom stereocenters. The molecule has 0 aliphatic carbocycles. The Morgan fingerprint density at radius 2 is 1.76 bits per heavy atom. The van der Waals surface area contributed by atoms with E-state index in [0.29, 0.717) is 30.2 Å². The summed E-state index contributed by atoms with van der Waals surface area (Å²) in [7, 11) is 4.60. The number of hydrogen-bond acceptors (Lipinski definition) is 7. The summed E-state index contributed by atoms with van der Waals surface area (Å²) in [6.07, 6.45) is 3.60. The number of hydrogen-bond donors (Lipinski definition) is 3. The van der Waals surface area contributed by atoms with Crippen molar-refractivity contribution in [3.05, 3.63) is 33.9 Å². The fourth-order valence-corrected chi connectivity index (χ4v) is 1.72. The van der Waals surface area contributed by atoms with E-state index in [1.807, 2.05) is 0 Å². The first-order valence-electron chi connectivity index (χ1n) is 7.09. The van der Waals surface area contributed by atoms with Crippen molar-refractivity contribution in [2.24, 2.45) is 0 Å². The van der Waals surface area contributed by atoms with E-state index in [4.69, 9.17) is 34.6 Å². The maximum Gasteiger partial charge on any atom is 0.291 e. The summed E-state index contributed by atoms with van der Waals surface area (Å²) in [6, 6.07) is 3.50. The molecule has 3 N–H and O–H groups in total. The minimum atomic E-state index is -1.50. The van der Waals surface area contributed by atoms with Crippen LogP contribution in [0, 0.1) is 10.1 Å². The minimum Gasteiger partial charge on any atom is -0.493 e. The van der Waals surface area contributed by atoms with Crippen molar-refractivity contribution in [1.29, 1.82) is 0 Å². The quantitative estimate of drug-likeness (QED) is 0.269. The topological polar surface area (TPSA) is 140 Å². The number of aliphatic hydroxyl groups is 1. The van der Waals surface area contributed by atoms with Crippen molar-refractivity contribution in [1.82, 2.24) is 5.32 Å². The molecule has 1 aromatic rings. The first-order valence-corrected chi connectivity index (χ1v) is 7.09. The first kappa shape index (κ1) is 22.0. The second-order valence-electron chi connectivity index (χ2n) is 4.40. The Morgan fingerprint density at radius 3 is 2.16 bits per heavy atom. The largest absolute Gasteiger partial charge is 0.493 e.